The van der Waals surface area contributed by atoms with Crippen molar-refractivity contribution >= 4 is 5.57 Å². The first-order valence-corrected chi connectivity index (χ1v) is 17.7. The predicted molar refractivity (Wildman–Crippen MR) is 209 cm³/mol. The van der Waals surface area contributed by atoms with Crippen molar-refractivity contribution in [2.45, 2.75) is 25.3 Å². The molecule has 1 N–H and O–H groups in total. The van der Waals surface area contributed by atoms with Gasteiger partial charge in [0.1, 0.15) is 0 Å². The van der Waals surface area contributed by atoms with E-state index in [0.29, 0.717) is 5.82 Å². The Balaban J connectivity index is 1.19. The Bertz CT molecular complexity index is 2530. The van der Waals surface area contributed by atoms with Crippen LogP contribution in [0, 0.1) is 0 Å². The van der Waals surface area contributed by atoms with Gasteiger partial charge >= 0.3 is 0 Å². The van der Waals surface area contributed by atoms with E-state index in [0.717, 1.165) is 28.1 Å². The van der Waals surface area contributed by atoms with Gasteiger partial charge in [-0.15, -0.1) is 0 Å². The lowest BCUT2D eigenvalue weighted by Gasteiger charge is -2.30. The molecule has 0 fully saturated rings. The number of rotatable bonds is 4. The van der Waals surface area contributed by atoms with Gasteiger partial charge in [-0.25, -0.2) is 9.97 Å². The molecule has 2 aliphatic carbocycles. The molecule has 0 radical (unpaired) electrons. The molecule has 1 unspecified atom stereocenters. The van der Waals surface area contributed by atoms with Crippen molar-refractivity contribution in [1.82, 2.24) is 15.3 Å². The monoisotopic (exact) mass is 653 g/mol. The molecule has 51 heavy (non-hydrogen) atoms. The fraction of sp³-hybridized carbons (Fsp3) is 0.0833. The molecule has 6 aromatic carbocycles. The Morgan fingerprint density at radius 3 is 1.63 bits per heavy atom. The van der Waals surface area contributed by atoms with Crippen molar-refractivity contribution < 1.29 is 0 Å². The number of dihydropyridines is 1. The number of benzene rings is 6. The van der Waals surface area contributed by atoms with E-state index in [1.165, 1.54) is 61.3 Å². The van der Waals surface area contributed by atoms with Crippen molar-refractivity contribution in [3.63, 3.8) is 0 Å². The first-order chi connectivity index (χ1) is 25.1. The summed E-state index contributed by atoms with van der Waals surface area (Å²) in [7, 11) is 0. The number of aromatic nitrogens is 2. The molecule has 1 aromatic heterocycles. The minimum absolute atomic E-state index is 0.222. The Labute approximate surface area is 298 Å². The van der Waals surface area contributed by atoms with Crippen molar-refractivity contribution in [3.05, 3.63) is 197 Å². The van der Waals surface area contributed by atoms with Crippen LogP contribution in [-0.4, -0.2) is 16.0 Å². The highest BCUT2D eigenvalue weighted by molar-refractivity contribution is 5.96. The van der Waals surface area contributed by atoms with E-state index in [9.17, 15) is 0 Å². The van der Waals surface area contributed by atoms with Crippen LogP contribution in [-0.2, 0) is 5.41 Å². The van der Waals surface area contributed by atoms with Crippen molar-refractivity contribution in [2.24, 2.45) is 0 Å². The second-order valence-electron chi connectivity index (χ2n) is 13.9. The van der Waals surface area contributed by atoms with Gasteiger partial charge in [-0.2, -0.15) is 0 Å². The van der Waals surface area contributed by atoms with E-state index < -0.39 is 5.41 Å². The molecule has 0 saturated heterocycles. The van der Waals surface area contributed by atoms with Crippen LogP contribution in [0.5, 0.6) is 0 Å². The fourth-order valence-corrected chi connectivity index (χ4v) is 8.74. The van der Waals surface area contributed by atoms with E-state index in [2.05, 4.69) is 177 Å². The number of hydrogen-bond acceptors (Lipinski definition) is 3. The summed E-state index contributed by atoms with van der Waals surface area (Å²) in [6, 6.07) is 55.3. The number of allylic oxidation sites excluding steroid dienone is 3. The summed E-state index contributed by atoms with van der Waals surface area (Å²) in [5, 5.41) is 3.58. The summed E-state index contributed by atoms with van der Waals surface area (Å²) in [6.45, 7) is 4.32. The minimum Gasteiger partial charge on any atom is -0.382 e. The minimum atomic E-state index is -0.410. The maximum absolute atomic E-state index is 5.27. The van der Waals surface area contributed by atoms with Crippen LogP contribution >= 0.6 is 0 Å². The summed E-state index contributed by atoms with van der Waals surface area (Å²) in [5.41, 5.74) is 18.7. The standard InChI is InChI=1S/C48H35N3/c1-30-23-25-36(31(2)49-30)33-15-12-16-34(27-33)45-29-46(51-47(50-45)32-13-4-3-5-14-32)35-24-26-40-39-19-8-11-22-43(39)48(44(40)28-35)41-20-9-6-17-37(41)38-18-7-10-21-42(38)48/h3-29,31,49H,1-2H3. The summed E-state index contributed by atoms with van der Waals surface area (Å²) in [6.07, 6.45) is 4.38. The average Bonchev–Trinajstić information content (AvgIpc) is 3.65. The van der Waals surface area contributed by atoms with Crippen molar-refractivity contribution in [2.75, 3.05) is 0 Å². The van der Waals surface area contributed by atoms with Crippen LogP contribution in [0.25, 0.3) is 61.7 Å². The third-order valence-electron chi connectivity index (χ3n) is 11.0. The molecule has 3 heteroatoms. The van der Waals surface area contributed by atoms with E-state index in [1.807, 2.05) is 6.07 Å². The van der Waals surface area contributed by atoms with E-state index in [-0.39, 0.29) is 6.04 Å². The van der Waals surface area contributed by atoms with Gasteiger partial charge in [0.05, 0.1) is 16.8 Å². The molecule has 3 aliphatic rings. The van der Waals surface area contributed by atoms with Gasteiger partial charge in [0.25, 0.3) is 0 Å². The lowest BCUT2D eigenvalue weighted by Crippen LogP contribution is -2.27. The summed E-state index contributed by atoms with van der Waals surface area (Å²) in [5.74, 6) is 0.717. The van der Waals surface area contributed by atoms with Gasteiger partial charge in [-0.3, -0.25) is 0 Å². The second-order valence-corrected chi connectivity index (χ2v) is 13.9. The molecule has 2 heterocycles. The third kappa shape index (κ3) is 4.44. The third-order valence-corrected chi connectivity index (χ3v) is 11.0. The average molecular weight is 654 g/mol. The first kappa shape index (κ1) is 29.6. The Morgan fingerprint density at radius 1 is 0.471 bits per heavy atom. The van der Waals surface area contributed by atoms with Gasteiger partial charge in [0.15, 0.2) is 5.82 Å². The normalized spacial score (nSPS) is 16.0. The van der Waals surface area contributed by atoms with Crippen LogP contribution < -0.4 is 5.32 Å². The molecular formula is C48H35N3. The maximum Gasteiger partial charge on any atom is 0.160 e. The largest absolute Gasteiger partial charge is 0.382 e. The smallest absolute Gasteiger partial charge is 0.160 e. The van der Waals surface area contributed by atoms with E-state index in [4.69, 9.17) is 9.97 Å². The quantitative estimate of drug-likeness (QED) is 0.205. The molecule has 1 aliphatic heterocycles. The molecule has 0 amide bonds. The molecule has 3 nitrogen and oxygen atoms in total. The SMILES string of the molecule is CC1=CC=C(c2cccc(-c3cc(-c4ccc5c(c4)C4(c6ccccc6-c6ccccc64)c4ccccc4-5)nc(-c4ccccc4)n3)c2)C(C)N1. The highest BCUT2D eigenvalue weighted by atomic mass is 14.9. The summed E-state index contributed by atoms with van der Waals surface area (Å²) >= 11 is 0. The molecule has 0 saturated carbocycles. The number of nitrogens with one attached hydrogen (secondary N) is 1. The second kappa shape index (κ2) is 11.4. The van der Waals surface area contributed by atoms with Crippen LogP contribution in [0.4, 0.5) is 0 Å². The van der Waals surface area contributed by atoms with Gasteiger partial charge in [-0.1, -0.05) is 140 Å². The lowest BCUT2D eigenvalue weighted by molar-refractivity contribution is 0.734. The van der Waals surface area contributed by atoms with E-state index >= 15 is 0 Å². The highest BCUT2D eigenvalue weighted by Crippen LogP contribution is 2.63. The van der Waals surface area contributed by atoms with Crippen LogP contribution in [0.15, 0.2) is 170 Å². The van der Waals surface area contributed by atoms with Crippen molar-refractivity contribution in [3.8, 4) is 56.2 Å². The number of fused-ring (bicyclic) bond motifs is 10. The summed E-state index contributed by atoms with van der Waals surface area (Å²) < 4.78 is 0. The van der Waals surface area contributed by atoms with Gasteiger partial charge in [0.2, 0.25) is 0 Å². The zero-order chi connectivity index (χ0) is 34.1. The van der Waals surface area contributed by atoms with Crippen molar-refractivity contribution in [1.29, 1.82) is 0 Å². The zero-order valence-corrected chi connectivity index (χ0v) is 28.6. The van der Waals surface area contributed by atoms with Gasteiger partial charge in [-0.05, 0) is 93.8 Å². The van der Waals surface area contributed by atoms with Crippen LogP contribution in [0.1, 0.15) is 41.7 Å². The number of hydrogen-bond donors (Lipinski definition) is 1. The molecule has 0 bridgehead atoms. The molecule has 7 aromatic rings. The molecule has 1 atom stereocenters. The fourth-order valence-electron chi connectivity index (χ4n) is 8.74. The molecule has 242 valence electrons. The Morgan fingerprint density at radius 2 is 1.00 bits per heavy atom. The van der Waals surface area contributed by atoms with Crippen LogP contribution in [0.2, 0.25) is 0 Å². The summed E-state index contributed by atoms with van der Waals surface area (Å²) in [4.78, 5) is 10.5. The first-order valence-electron chi connectivity index (χ1n) is 17.7. The molecule has 1 spiro atoms. The Hall–Kier alpha value is -6.32. The van der Waals surface area contributed by atoms with Gasteiger partial charge < -0.3 is 5.32 Å². The topological polar surface area (TPSA) is 37.8 Å². The number of nitrogens with zero attached hydrogens (tertiary/aromatic N) is 2. The Kier molecular flexibility index (Phi) is 6.59. The predicted octanol–water partition coefficient (Wildman–Crippen LogP) is 11.1. The molecule has 10 rings (SSSR count). The lowest BCUT2D eigenvalue weighted by atomic mass is 9.70. The van der Waals surface area contributed by atoms with Crippen LogP contribution in [0.3, 0.4) is 0 Å². The highest BCUT2D eigenvalue weighted by Gasteiger charge is 2.51. The van der Waals surface area contributed by atoms with Gasteiger partial charge in [0, 0.05) is 28.4 Å². The zero-order valence-electron chi connectivity index (χ0n) is 28.6. The maximum atomic E-state index is 5.27. The van der Waals surface area contributed by atoms with E-state index in [1.54, 1.807) is 0 Å². The molecular weight excluding hydrogens is 619 g/mol.